The molecule has 2 N–H and O–H groups in total. The number of Topliss-reactive ketones (excluding diaryl/α,β-unsaturated/α-hetero) is 1. The Morgan fingerprint density at radius 2 is 2.00 bits per heavy atom. The number of ketones is 1. The van der Waals surface area contributed by atoms with E-state index in [0.717, 1.165) is 16.1 Å². The van der Waals surface area contributed by atoms with Crippen molar-refractivity contribution in [3.8, 4) is 5.75 Å². The molecule has 0 aliphatic rings. The Morgan fingerprint density at radius 3 is 2.61 bits per heavy atom. The molecular weight excluding hydrogens is 380 g/mol. The lowest BCUT2D eigenvalue weighted by atomic mass is 10.0. The van der Waals surface area contributed by atoms with Gasteiger partial charge in [0.15, 0.2) is 6.61 Å². The highest BCUT2D eigenvalue weighted by molar-refractivity contribution is 7.09. The highest BCUT2D eigenvalue weighted by Crippen LogP contribution is 2.33. The van der Waals surface area contributed by atoms with Gasteiger partial charge in [-0.25, -0.2) is 4.79 Å². The van der Waals surface area contributed by atoms with Crippen molar-refractivity contribution in [2.75, 3.05) is 13.7 Å². The molecule has 0 saturated carbocycles. The number of carbonyl (C=O) groups excluding carboxylic acids is 3. The van der Waals surface area contributed by atoms with Gasteiger partial charge in [0.25, 0.3) is 11.7 Å². The Balaban J connectivity index is 2.23. The maximum Gasteiger partial charge on any atom is 0.343 e. The molecule has 0 unspecified atom stereocenters. The third-order valence-corrected chi connectivity index (χ3v) is 5.31. The van der Waals surface area contributed by atoms with Crippen molar-refractivity contribution in [1.29, 1.82) is 0 Å². The maximum atomic E-state index is 12.7. The summed E-state index contributed by atoms with van der Waals surface area (Å²) in [5.74, 6) is -2.05. The first-order valence-electron chi connectivity index (χ1n) is 8.68. The van der Waals surface area contributed by atoms with Crippen LogP contribution in [0.15, 0.2) is 35.8 Å². The molecule has 0 aliphatic carbocycles. The van der Waals surface area contributed by atoms with Gasteiger partial charge in [-0.3, -0.25) is 9.59 Å². The van der Waals surface area contributed by atoms with Gasteiger partial charge in [-0.15, -0.1) is 11.3 Å². The Kier molecular flexibility index (Phi) is 5.79. The summed E-state index contributed by atoms with van der Waals surface area (Å²) in [5.41, 5.74) is 7.59. The van der Waals surface area contributed by atoms with Crippen molar-refractivity contribution >= 4 is 34.5 Å². The first-order chi connectivity index (χ1) is 13.5. The molecule has 0 atom stereocenters. The maximum absolute atomic E-state index is 12.7. The summed E-state index contributed by atoms with van der Waals surface area (Å²) in [6.07, 6.45) is 2.93. The molecule has 1 amide bonds. The predicted octanol–water partition coefficient (Wildman–Crippen LogP) is 2.37. The molecule has 0 aromatic carbocycles. The largest absolute Gasteiger partial charge is 0.480 e. The Morgan fingerprint density at radius 1 is 1.21 bits per heavy atom. The number of pyridine rings is 1. The number of carbonyl (C=O) groups is 3. The monoisotopic (exact) mass is 400 g/mol. The number of methoxy groups -OCH3 is 1. The van der Waals surface area contributed by atoms with E-state index >= 15 is 0 Å². The summed E-state index contributed by atoms with van der Waals surface area (Å²) >= 11 is 1.61. The van der Waals surface area contributed by atoms with Crippen LogP contribution in [0.25, 0.3) is 5.52 Å². The Bertz CT molecular complexity index is 1040. The zero-order valence-electron chi connectivity index (χ0n) is 15.6. The molecule has 0 spiro atoms. The number of hydrogen-bond donors (Lipinski definition) is 1. The van der Waals surface area contributed by atoms with Crippen LogP contribution in [0.1, 0.15) is 33.4 Å². The van der Waals surface area contributed by atoms with E-state index in [0.29, 0.717) is 24.1 Å². The van der Waals surface area contributed by atoms with Crippen LogP contribution < -0.4 is 10.5 Å². The molecule has 7 nitrogen and oxygen atoms in total. The molecular formula is C20H20N2O5S. The van der Waals surface area contributed by atoms with E-state index in [1.54, 1.807) is 29.7 Å². The number of amides is 1. The summed E-state index contributed by atoms with van der Waals surface area (Å²) in [5, 5.41) is 1.98. The number of nitrogens with two attached hydrogens (primary N) is 1. The van der Waals surface area contributed by atoms with Crippen molar-refractivity contribution in [3.05, 3.63) is 57.5 Å². The average Bonchev–Trinajstić information content (AvgIpc) is 3.31. The molecule has 0 radical (unpaired) electrons. The van der Waals surface area contributed by atoms with Gasteiger partial charge in [0.05, 0.1) is 18.2 Å². The summed E-state index contributed by atoms with van der Waals surface area (Å²) in [6.45, 7) is 1.60. The highest BCUT2D eigenvalue weighted by atomic mass is 32.1. The molecule has 8 heteroatoms. The number of aromatic nitrogens is 1. The zero-order valence-corrected chi connectivity index (χ0v) is 16.4. The number of hydrogen-bond acceptors (Lipinski definition) is 6. The van der Waals surface area contributed by atoms with Crippen LogP contribution in [-0.4, -0.2) is 35.8 Å². The quantitative estimate of drug-likeness (QED) is 0.355. The van der Waals surface area contributed by atoms with Crippen LogP contribution in [0.5, 0.6) is 5.75 Å². The standard InChI is InChI=1S/C20H20N2O5S/c1-3-13-14(10-12-6-5-9-28-12)22-8-4-7-15(27-11-16(23)26-2)18(22)17(13)19(24)20(21)25/h4-9H,3,10-11H2,1-2H3,(H2,21,25). The fourth-order valence-corrected chi connectivity index (χ4v) is 3.93. The molecule has 3 aromatic rings. The van der Waals surface area contributed by atoms with Crippen molar-refractivity contribution < 1.29 is 23.9 Å². The molecule has 3 rings (SSSR count). The Hall–Kier alpha value is -3.13. The van der Waals surface area contributed by atoms with Crippen molar-refractivity contribution in [3.63, 3.8) is 0 Å². The molecule has 0 aliphatic heterocycles. The minimum Gasteiger partial charge on any atom is -0.480 e. The average molecular weight is 400 g/mol. The van der Waals surface area contributed by atoms with Crippen LogP contribution in [0.4, 0.5) is 0 Å². The summed E-state index contributed by atoms with van der Waals surface area (Å²) in [7, 11) is 1.26. The number of thiophene rings is 1. The van der Waals surface area contributed by atoms with Gasteiger partial charge in [-0.2, -0.15) is 0 Å². The highest BCUT2D eigenvalue weighted by Gasteiger charge is 2.28. The van der Waals surface area contributed by atoms with Gasteiger partial charge in [0.2, 0.25) is 0 Å². The topological polar surface area (TPSA) is 100 Å². The first kappa shape index (κ1) is 19.6. The van der Waals surface area contributed by atoms with Crippen molar-refractivity contribution in [2.24, 2.45) is 5.73 Å². The summed E-state index contributed by atoms with van der Waals surface area (Å²) in [4.78, 5) is 37.0. The smallest absolute Gasteiger partial charge is 0.343 e. The third-order valence-electron chi connectivity index (χ3n) is 4.43. The number of primary amides is 1. The normalized spacial score (nSPS) is 10.8. The van der Waals surface area contributed by atoms with Crippen LogP contribution in [0.3, 0.4) is 0 Å². The minimum absolute atomic E-state index is 0.224. The lowest BCUT2D eigenvalue weighted by Gasteiger charge is -2.09. The summed E-state index contributed by atoms with van der Waals surface area (Å²) < 4.78 is 12.0. The molecule has 146 valence electrons. The van der Waals surface area contributed by atoms with Gasteiger partial charge in [0.1, 0.15) is 5.75 Å². The lowest BCUT2D eigenvalue weighted by Crippen LogP contribution is -2.24. The fraction of sp³-hybridized carbons (Fsp3) is 0.250. The molecule has 3 heterocycles. The van der Waals surface area contributed by atoms with Crippen molar-refractivity contribution in [1.82, 2.24) is 4.40 Å². The van der Waals surface area contributed by atoms with E-state index in [4.69, 9.17) is 10.5 Å². The van der Waals surface area contributed by atoms with Gasteiger partial charge in [0, 0.05) is 23.2 Å². The number of fused-ring (bicyclic) bond motifs is 1. The molecule has 3 aromatic heterocycles. The van der Waals surface area contributed by atoms with E-state index in [1.807, 2.05) is 28.8 Å². The van der Waals surface area contributed by atoms with Crippen LogP contribution in [0.2, 0.25) is 0 Å². The molecule has 0 saturated heterocycles. The van der Waals surface area contributed by atoms with E-state index in [1.165, 1.54) is 7.11 Å². The Labute approximate surface area is 165 Å². The second-order valence-corrected chi connectivity index (χ2v) is 7.09. The van der Waals surface area contributed by atoms with Crippen molar-refractivity contribution in [2.45, 2.75) is 19.8 Å². The van der Waals surface area contributed by atoms with Crippen LogP contribution >= 0.6 is 11.3 Å². The second-order valence-electron chi connectivity index (χ2n) is 6.06. The van der Waals surface area contributed by atoms with E-state index < -0.39 is 17.7 Å². The number of nitrogens with zero attached hydrogens (tertiary/aromatic N) is 1. The number of ether oxygens (including phenoxy) is 2. The van der Waals surface area contributed by atoms with Gasteiger partial charge < -0.3 is 19.6 Å². The van der Waals surface area contributed by atoms with Gasteiger partial charge >= 0.3 is 5.97 Å². The van der Waals surface area contributed by atoms with E-state index in [9.17, 15) is 14.4 Å². The summed E-state index contributed by atoms with van der Waals surface area (Å²) in [6, 6.07) is 7.37. The molecule has 0 fully saturated rings. The van der Waals surface area contributed by atoms with Gasteiger partial charge in [-0.05, 0) is 35.6 Å². The number of esters is 1. The van der Waals surface area contributed by atoms with Crippen LogP contribution in [-0.2, 0) is 27.2 Å². The molecule has 0 bridgehead atoms. The minimum atomic E-state index is -1.03. The number of rotatable bonds is 8. The van der Waals surface area contributed by atoms with Gasteiger partial charge in [-0.1, -0.05) is 13.0 Å². The predicted molar refractivity (Wildman–Crippen MR) is 105 cm³/mol. The first-order valence-corrected chi connectivity index (χ1v) is 9.56. The SMILES string of the molecule is CCc1c(C(=O)C(N)=O)c2c(OCC(=O)OC)cccn2c1Cc1cccs1. The second kappa shape index (κ2) is 8.26. The fourth-order valence-electron chi connectivity index (χ4n) is 3.22. The third kappa shape index (κ3) is 3.63. The van der Waals surface area contributed by atoms with Crippen LogP contribution in [0, 0.1) is 0 Å². The molecule has 28 heavy (non-hydrogen) atoms. The van der Waals surface area contributed by atoms with E-state index in [-0.39, 0.29) is 12.2 Å². The van der Waals surface area contributed by atoms with E-state index in [2.05, 4.69) is 4.74 Å². The lowest BCUT2D eigenvalue weighted by molar-refractivity contribution is -0.142. The zero-order chi connectivity index (χ0) is 20.3.